The molecule has 7 heteroatoms. The zero-order chi connectivity index (χ0) is 17.5. The van der Waals surface area contributed by atoms with Crippen molar-refractivity contribution >= 4 is 34.7 Å². The summed E-state index contributed by atoms with van der Waals surface area (Å²) in [5.41, 5.74) is 1.48. The average Bonchev–Trinajstić information content (AvgIpc) is 2.98. The molecule has 1 amide bonds. The first-order valence-electron chi connectivity index (χ1n) is 7.82. The Labute approximate surface area is 145 Å². The highest BCUT2D eigenvalue weighted by atomic mass is 32.2. The van der Waals surface area contributed by atoms with E-state index in [2.05, 4.69) is 9.72 Å². The molecule has 6 nitrogen and oxygen atoms in total. The third-order valence-electron chi connectivity index (χ3n) is 3.35. The van der Waals surface area contributed by atoms with Gasteiger partial charge in [-0.25, -0.2) is 4.98 Å². The lowest BCUT2D eigenvalue weighted by Gasteiger charge is -2.23. The monoisotopic (exact) mass is 350 g/mol. The molecule has 2 aromatic rings. The fourth-order valence-electron chi connectivity index (χ4n) is 2.21. The molecule has 0 atom stereocenters. The van der Waals surface area contributed by atoms with Gasteiger partial charge >= 0.3 is 5.97 Å². The Morgan fingerprint density at radius 3 is 2.75 bits per heavy atom. The third kappa shape index (κ3) is 5.26. The fraction of sp³-hybridized carbons (Fsp3) is 0.471. The molecule has 1 aromatic heterocycles. The van der Waals surface area contributed by atoms with Crippen LogP contribution in [0, 0.1) is 5.92 Å². The van der Waals surface area contributed by atoms with Gasteiger partial charge in [0.1, 0.15) is 5.52 Å². The minimum Gasteiger partial charge on any atom is -0.469 e. The van der Waals surface area contributed by atoms with Crippen molar-refractivity contribution in [2.45, 2.75) is 25.5 Å². The summed E-state index contributed by atoms with van der Waals surface area (Å²) in [4.78, 5) is 29.8. The number of oxazole rings is 1. The summed E-state index contributed by atoms with van der Waals surface area (Å²) in [6.45, 7) is 5.03. The topological polar surface area (TPSA) is 72.6 Å². The Morgan fingerprint density at radius 2 is 2.08 bits per heavy atom. The van der Waals surface area contributed by atoms with E-state index in [0.29, 0.717) is 29.8 Å². The molecule has 130 valence electrons. The number of fused-ring (bicyclic) bond motifs is 1. The van der Waals surface area contributed by atoms with E-state index in [1.165, 1.54) is 18.9 Å². The quantitative estimate of drug-likeness (QED) is 0.538. The maximum absolute atomic E-state index is 12.5. The van der Waals surface area contributed by atoms with Crippen LogP contribution in [0.3, 0.4) is 0 Å². The van der Waals surface area contributed by atoms with Gasteiger partial charge in [-0.1, -0.05) is 37.7 Å². The molecule has 0 unspecified atom stereocenters. The van der Waals surface area contributed by atoms with Gasteiger partial charge < -0.3 is 14.1 Å². The van der Waals surface area contributed by atoms with Crippen LogP contribution in [-0.4, -0.2) is 47.7 Å². The summed E-state index contributed by atoms with van der Waals surface area (Å²) in [5, 5.41) is 0.474. The highest BCUT2D eigenvalue weighted by molar-refractivity contribution is 7.99. The maximum Gasteiger partial charge on any atom is 0.307 e. The number of para-hydroxylation sites is 2. The van der Waals surface area contributed by atoms with Gasteiger partial charge in [-0.15, -0.1) is 0 Å². The molecular formula is C17H22N2O4S. The predicted octanol–water partition coefficient (Wildman–Crippen LogP) is 2.97. The lowest BCUT2D eigenvalue weighted by Crippen LogP contribution is -2.37. The maximum atomic E-state index is 12.5. The highest BCUT2D eigenvalue weighted by Gasteiger charge is 2.18. The Hall–Kier alpha value is -2.02. The molecule has 0 aliphatic carbocycles. The van der Waals surface area contributed by atoms with E-state index < -0.39 is 0 Å². The molecular weight excluding hydrogens is 328 g/mol. The normalized spacial score (nSPS) is 11.0. The number of hydrogen-bond donors (Lipinski definition) is 0. The van der Waals surface area contributed by atoms with Gasteiger partial charge in [-0.3, -0.25) is 9.59 Å². The van der Waals surface area contributed by atoms with E-state index in [4.69, 9.17) is 4.42 Å². The van der Waals surface area contributed by atoms with E-state index in [9.17, 15) is 9.59 Å². The van der Waals surface area contributed by atoms with Crippen LogP contribution in [0.25, 0.3) is 11.1 Å². The summed E-state index contributed by atoms with van der Waals surface area (Å²) in [7, 11) is 1.35. The Morgan fingerprint density at radius 1 is 1.33 bits per heavy atom. The summed E-state index contributed by atoms with van der Waals surface area (Å²) >= 11 is 1.26. The number of nitrogens with zero attached hydrogens (tertiary/aromatic N) is 2. The van der Waals surface area contributed by atoms with E-state index in [1.54, 1.807) is 4.90 Å². The van der Waals surface area contributed by atoms with Crippen molar-refractivity contribution in [3.8, 4) is 0 Å². The number of ether oxygens (including phenoxy) is 1. The van der Waals surface area contributed by atoms with Crippen molar-refractivity contribution in [1.82, 2.24) is 9.88 Å². The molecule has 2 rings (SSSR count). The average molecular weight is 350 g/mol. The first kappa shape index (κ1) is 18.3. The SMILES string of the molecule is COC(=O)CCN(CC(C)C)C(=O)CSc1nc2ccccc2o1. The van der Waals surface area contributed by atoms with E-state index in [1.807, 2.05) is 38.1 Å². The molecule has 0 aliphatic heterocycles. The van der Waals surface area contributed by atoms with Crippen molar-refractivity contribution in [2.24, 2.45) is 5.92 Å². The summed E-state index contributed by atoms with van der Waals surface area (Å²) in [6, 6.07) is 7.48. The summed E-state index contributed by atoms with van der Waals surface area (Å²) in [6.07, 6.45) is 0.197. The van der Waals surface area contributed by atoms with Crippen molar-refractivity contribution < 1.29 is 18.7 Å². The van der Waals surface area contributed by atoms with Crippen molar-refractivity contribution in [3.63, 3.8) is 0 Å². The minimum atomic E-state index is -0.317. The number of rotatable bonds is 8. The molecule has 1 heterocycles. The van der Waals surface area contributed by atoms with E-state index in [-0.39, 0.29) is 24.1 Å². The number of aromatic nitrogens is 1. The van der Waals surface area contributed by atoms with Crippen LogP contribution in [0.15, 0.2) is 33.9 Å². The molecule has 24 heavy (non-hydrogen) atoms. The Kier molecular flexibility index (Phi) is 6.66. The van der Waals surface area contributed by atoms with Gasteiger partial charge in [0.25, 0.3) is 5.22 Å². The zero-order valence-corrected chi connectivity index (χ0v) is 15.0. The van der Waals surface area contributed by atoms with Gasteiger partial charge in [-0.05, 0) is 18.1 Å². The molecule has 0 saturated heterocycles. The van der Waals surface area contributed by atoms with Gasteiger partial charge in [-0.2, -0.15) is 0 Å². The molecule has 0 spiro atoms. The van der Waals surface area contributed by atoms with Crippen LogP contribution in [0.2, 0.25) is 0 Å². The highest BCUT2D eigenvalue weighted by Crippen LogP contribution is 2.23. The smallest absolute Gasteiger partial charge is 0.307 e. The first-order valence-corrected chi connectivity index (χ1v) is 8.81. The van der Waals surface area contributed by atoms with Gasteiger partial charge in [0.05, 0.1) is 19.3 Å². The molecule has 0 aliphatic rings. The summed E-state index contributed by atoms with van der Waals surface area (Å²) in [5.74, 6) is 0.185. The van der Waals surface area contributed by atoms with Crippen LogP contribution in [-0.2, 0) is 14.3 Å². The summed E-state index contributed by atoms with van der Waals surface area (Å²) < 4.78 is 10.2. The van der Waals surface area contributed by atoms with Crippen LogP contribution in [0.5, 0.6) is 0 Å². The van der Waals surface area contributed by atoms with Crippen LogP contribution >= 0.6 is 11.8 Å². The predicted molar refractivity (Wildman–Crippen MR) is 92.8 cm³/mol. The molecule has 0 N–H and O–H groups in total. The molecule has 0 fully saturated rings. The second-order valence-corrected chi connectivity index (χ2v) is 6.72. The van der Waals surface area contributed by atoms with Crippen LogP contribution in [0.4, 0.5) is 0 Å². The van der Waals surface area contributed by atoms with E-state index in [0.717, 1.165) is 5.52 Å². The standard InChI is InChI=1S/C17H22N2O4S/c1-12(2)10-19(9-8-16(21)22-3)15(20)11-24-17-18-13-6-4-5-7-14(13)23-17/h4-7,12H,8-11H2,1-3H3. The number of hydrogen-bond acceptors (Lipinski definition) is 6. The largest absolute Gasteiger partial charge is 0.469 e. The number of methoxy groups -OCH3 is 1. The number of esters is 1. The van der Waals surface area contributed by atoms with Crippen LogP contribution < -0.4 is 0 Å². The van der Waals surface area contributed by atoms with Gasteiger partial charge in [0.2, 0.25) is 5.91 Å². The number of carbonyl (C=O) groups excluding carboxylic acids is 2. The second-order valence-electron chi connectivity index (χ2n) is 5.80. The second kappa shape index (κ2) is 8.73. The van der Waals surface area contributed by atoms with Crippen molar-refractivity contribution in [1.29, 1.82) is 0 Å². The number of benzene rings is 1. The lowest BCUT2D eigenvalue weighted by atomic mass is 10.2. The van der Waals surface area contributed by atoms with E-state index >= 15 is 0 Å². The molecule has 0 bridgehead atoms. The van der Waals surface area contributed by atoms with Crippen LogP contribution in [0.1, 0.15) is 20.3 Å². The lowest BCUT2D eigenvalue weighted by molar-refractivity contribution is -0.141. The van der Waals surface area contributed by atoms with Gasteiger partial charge in [0, 0.05) is 13.1 Å². The minimum absolute atomic E-state index is 0.0418. The number of amides is 1. The van der Waals surface area contributed by atoms with Gasteiger partial charge in [0.15, 0.2) is 5.58 Å². The molecule has 1 aromatic carbocycles. The third-order valence-corrected chi connectivity index (χ3v) is 4.16. The Balaban J connectivity index is 1.94. The zero-order valence-electron chi connectivity index (χ0n) is 14.2. The molecule has 0 radical (unpaired) electrons. The number of thioether (sulfide) groups is 1. The fourth-order valence-corrected chi connectivity index (χ4v) is 2.96. The molecule has 0 saturated carbocycles. The Bertz CT molecular complexity index is 666. The number of carbonyl (C=O) groups is 2. The van der Waals surface area contributed by atoms with Crippen molar-refractivity contribution in [3.05, 3.63) is 24.3 Å². The first-order chi connectivity index (χ1) is 11.5. The van der Waals surface area contributed by atoms with Crippen molar-refractivity contribution in [2.75, 3.05) is 26.0 Å².